The van der Waals surface area contributed by atoms with Crippen molar-refractivity contribution < 1.29 is 0 Å². The summed E-state index contributed by atoms with van der Waals surface area (Å²) in [7, 11) is 0. The van der Waals surface area contributed by atoms with Gasteiger partial charge in [0.2, 0.25) is 5.56 Å². The van der Waals surface area contributed by atoms with Gasteiger partial charge in [-0.3, -0.25) is 4.79 Å². The van der Waals surface area contributed by atoms with Gasteiger partial charge in [0.25, 0.3) is 0 Å². The number of pyridine rings is 1. The minimum atomic E-state index is 0.0694. The summed E-state index contributed by atoms with van der Waals surface area (Å²) in [6.45, 7) is 0. The molecule has 0 amide bonds. The van der Waals surface area contributed by atoms with Gasteiger partial charge in [-0.05, 0) is 37.2 Å². The molecule has 0 aromatic carbocycles. The van der Waals surface area contributed by atoms with Crippen LogP contribution in [-0.4, -0.2) is 4.98 Å². The van der Waals surface area contributed by atoms with Gasteiger partial charge in [-0.1, -0.05) is 18.9 Å². The van der Waals surface area contributed by atoms with E-state index in [4.69, 9.17) is 0 Å². The molecule has 2 aliphatic carbocycles. The number of nitrogens with one attached hydrogen (secondary N) is 1. The summed E-state index contributed by atoms with van der Waals surface area (Å²) in [4.78, 5) is 14.4. The van der Waals surface area contributed by atoms with Crippen molar-refractivity contribution in [3.8, 4) is 0 Å². The molecule has 0 aliphatic heterocycles. The molecule has 0 saturated heterocycles. The smallest absolute Gasteiger partial charge is 0.248 e. The molecule has 2 aliphatic rings. The first kappa shape index (κ1) is 9.20. The highest BCUT2D eigenvalue weighted by Gasteiger charge is 2.31. The standard InChI is InChI=1S/C13H17NO/c15-12-8-7-10-6-5-9-3-1-2-4-11(9)13(10)14-12/h7-9,11H,1-6H2,(H,14,15)/t9-,11-/m1/s1. The Kier molecular flexibility index (Phi) is 2.15. The molecule has 2 heteroatoms. The van der Waals surface area contributed by atoms with Crippen LogP contribution in [0.2, 0.25) is 0 Å². The molecule has 80 valence electrons. The van der Waals surface area contributed by atoms with Crippen molar-refractivity contribution in [2.24, 2.45) is 5.92 Å². The quantitative estimate of drug-likeness (QED) is 0.690. The van der Waals surface area contributed by atoms with Gasteiger partial charge >= 0.3 is 0 Å². The fourth-order valence-electron chi connectivity index (χ4n) is 3.34. The molecule has 1 saturated carbocycles. The Labute approximate surface area is 89.7 Å². The number of fused-ring (bicyclic) bond motifs is 3. The van der Waals surface area contributed by atoms with E-state index in [1.807, 2.05) is 6.07 Å². The Hall–Kier alpha value is -1.05. The maximum absolute atomic E-state index is 11.4. The zero-order valence-corrected chi connectivity index (χ0v) is 8.96. The Bertz CT molecular complexity index is 421. The van der Waals surface area contributed by atoms with Crippen molar-refractivity contribution in [3.63, 3.8) is 0 Å². The zero-order valence-electron chi connectivity index (χ0n) is 8.96. The van der Waals surface area contributed by atoms with Crippen LogP contribution in [0.3, 0.4) is 0 Å². The van der Waals surface area contributed by atoms with Crippen molar-refractivity contribution in [1.29, 1.82) is 0 Å². The van der Waals surface area contributed by atoms with Crippen LogP contribution in [0.15, 0.2) is 16.9 Å². The van der Waals surface area contributed by atoms with Crippen LogP contribution >= 0.6 is 0 Å². The second-order valence-corrected chi connectivity index (χ2v) is 4.95. The Morgan fingerprint density at radius 1 is 1.13 bits per heavy atom. The summed E-state index contributed by atoms with van der Waals surface area (Å²) >= 11 is 0. The summed E-state index contributed by atoms with van der Waals surface area (Å²) < 4.78 is 0. The Balaban J connectivity index is 2.05. The summed E-state index contributed by atoms with van der Waals surface area (Å²) in [6.07, 6.45) is 7.83. The lowest BCUT2D eigenvalue weighted by atomic mass is 9.70. The van der Waals surface area contributed by atoms with E-state index in [1.165, 1.54) is 43.4 Å². The molecule has 1 aromatic heterocycles. The van der Waals surface area contributed by atoms with Crippen LogP contribution in [0.25, 0.3) is 0 Å². The molecule has 1 N–H and O–H groups in total. The average molecular weight is 203 g/mol. The molecule has 0 spiro atoms. The first-order valence-electron chi connectivity index (χ1n) is 6.07. The van der Waals surface area contributed by atoms with E-state index in [1.54, 1.807) is 6.07 Å². The number of aryl methyl sites for hydroxylation is 1. The molecule has 0 unspecified atom stereocenters. The third-order valence-electron chi connectivity index (χ3n) is 4.10. The molecule has 0 radical (unpaired) electrons. The topological polar surface area (TPSA) is 32.9 Å². The molecular weight excluding hydrogens is 186 g/mol. The fourth-order valence-corrected chi connectivity index (χ4v) is 3.34. The molecule has 3 rings (SSSR count). The first-order chi connectivity index (χ1) is 7.34. The van der Waals surface area contributed by atoms with Crippen LogP contribution in [-0.2, 0) is 6.42 Å². The van der Waals surface area contributed by atoms with Gasteiger partial charge in [0.1, 0.15) is 0 Å². The summed E-state index contributed by atoms with van der Waals surface area (Å²) in [5.74, 6) is 1.49. The monoisotopic (exact) mass is 203 g/mol. The summed E-state index contributed by atoms with van der Waals surface area (Å²) in [5.41, 5.74) is 2.72. The number of aromatic nitrogens is 1. The molecule has 2 nitrogen and oxygen atoms in total. The van der Waals surface area contributed by atoms with Gasteiger partial charge in [0.05, 0.1) is 0 Å². The predicted octanol–water partition coefficient (Wildman–Crippen LogP) is 2.59. The van der Waals surface area contributed by atoms with E-state index in [-0.39, 0.29) is 5.56 Å². The van der Waals surface area contributed by atoms with Gasteiger partial charge in [0.15, 0.2) is 0 Å². The van der Waals surface area contributed by atoms with Crippen molar-refractivity contribution in [2.75, 3.05) is 0 Å². The lowest BCUT2D eigenvalue weighted by Crippen LogP contribution is -2.27. The van der Waals surface area contributed by atoms with Crippen LogP contribution in [0.4, 0.5) is 0 Å². The van der Waals surface area contributed by atoms with E-state index in [2.05, 4.69) is 4.98 Å². The van der Waals surface area contributed by atoms with Crippen molar-refractivity contribution in [3.05, 3.63) is 33.7 Å². The van der Waals surface area contributed by atoms with E-state index >= 15 is 0 Å². The minimum Gasteiger partial charge on any atom is -0.326 e. The van der Waals surface area contributed by atoms with Gasteiger partial charge in [-0.2, -0.15) is 0 Å². The zero-order chi connectivity index (χ0) is 10.3. The van der Waals surface area contributed by atoms with Gasteiger partial charge < -0.3 is 4.98 Å². The normalized spacial score (nSPS) is 29.3. The largest absolute Gasteiger partial charge is 0.326 e. The molecular formula is C13H17NO. The van der Waals surface area contributed by atoms with Crippen molar-refractivity contribution in [2.45, 2.75) is 44.4 Å². The minimum absolute atomic E-state index is 0.0694. The lowest BCUT2D eigenvalue weighted by molar-refractivity contribution is 0.270. The highest BCUT2D eigenvalue weighted by molar-refractivity contribution is 5.27. The summed E-state index contributed by atoms with van der Waals surface area (Å²) in [6, 6.07) is 3.70. The van der Waals surface area contributed by atoms with Gasteiger partial charge in [-0.25, -0.2) is 0 Å². The molecule has 2 atom stereocenters. The average Bonchev–Trinajstić information content (AvgIpc) is 2.29. The maximum Gasteiger partial charge on any atom is 0.248 e. The van der Waals surface area contributed by atoms with Gasteiger partial charge in [0, 0.05) is 17.7 Å². The van der Waals surface area contributed by atoms with Crippen LogP contribution < -0.4 is 5.56 Å². The fraction of sp³-hybridized carbons (Fsp3) is 0.615. The van der Waals surface area contributed by atoms with E-state index < -0.39 is 0 Å². The highest BCUT2D eigenvalue weighted by Crippen LogP contribution is 2.43. The van der Waals surface area contributed by atoms with E-state index in [0.717, 1.165) is 12.3 Å². The molecule has 1 aromatic rings. The van der Waals surface area contributed by atoms with Crippen molar-refractivity contribution >= 4 is 0 Å². The Morgan fingerprint density at radius 2 is 2.00 bits per heavy atom. The maximum atomic E-state index is 11.4. The second-order valence-electron chi connectivity index (χ2n) is 4.95. The number of aromatic amines is 1. The van der Waals surface area contributed by atoms with Gasteiger partial charge in [-0.15, -0.1) is 0 Å². The van der Waals surface area contributed by atoms with E-state index in [0.29, 0.717) is 5.92 Å². The summed E-state index contributed by atoms with van der Waals surface area (Å²) in [5, 5.41) is 0. The highest BCUT2D eigenvalue weighted by atomic mass is 16.1. The van der Waals surface area contributed by atoms with Crippen LogP contribution in [0.1, 0.15) is 49.3 Å². The number of H-pyrrole nitrogens is 1. The molecule has 1 heterocycles. The molecule has 1 fully saturated rings. The third kappa shape index (κ3) is 1.52. The van der Waals surface area contributed by atoms with E-state index in [9.17, 15) is 4.79 Å². The first-order valence-corrected chi connectivity index (χ1v) is 6.07. The molecule has 0 bridgehead atoms. The lowest BCUT2D eigenvalue weighted by Gasteiger charge is -2.36. The number of hydrogen-bond acceptors (Lipinski definition) is 1. The number of hydrogen-bond donors (Lipinski definition) is 1. The van der Waals surface area contributed by atoms with Crippen molar-refractivity contribution in [1.82, 2.24) is 4.98 Å². The number of rotatable bonds is 0. The second kappa shape index (κ2) is 3.51. The third-order valence-corrected chi connectivity index (χ3v) is 4.10. The SMILES string of the molecule is O=c1ccc2c([nH]1)[C@@H]1CCCC[C@@H]1CC2. The molecule has 15 heavy (non-hydrogen) atoms. The van der Waals surface area contributed by atoms with Crippen LogP contribution in [0.5, 0.6) is 0 Å². The Morgan fingerprint density at radius 3 is 2.93 bits per heavy atom. The van der Waals surface area contributed by atoms with Crippen LogP contribution in [0, 0.1) is 5.92 Å². The predicted molar refractivity (Wildman–Crippen MR) is 60.1 cm³/mol.